The Morgan fingerprint density at radius 3 is 1.84 bits per heavy atom. The lowest BCUT2D eigenvalue weighted by Gasteiger charge is -2.17. The molecule has 0 aliphatic heterocycles. The molecule has 4 heteroatoms. The summed E-state index contributed by atoms with van der Waals surface area (Å²) in [6.45, 7) is 2.25. The molecule has 0 fully saturated rings. The van der Waals surface area contributed by atoms with Gasteiger partial charge in [-0.3, -0.25) is 4.79 Å². The maximum atomic E-state index is 11.7. The van der Waals surface area contributed by atoms with Crippen molar-refractivity contribution in [2.75, 3.05) is 13.6 Å². The highest BCUT2D eigenvalue weighted by Crippen LogP contribution is 2.10. The third-order valence-electron chi connectivity index (χ3n) is 4.52. The van der Waals surface area contributed by atoms with Gasteiger partial charge in [0.15, 0.2) is 6.29 Å². The molecule has 0 aromatic heterocycles. The number of likely N-dealkylation sites (N-methyl/N-ethyl adjacent to an activating group) is 1. The van der Waals surface area contributed by atoms with Crippen LogP contribution in [0.1, 0.15) is 96.8 Å². The molecule has 0 aromatic rings. The van der Waals surface area contributed by atoms with Gasteiger partial charge in [-0.25, -0.2) is 0 Å². The maximum Gasteiger partial charge on any atom is 0.222 e. The maximum absolute atomic E-state index is 11.7. The fraction of sp³-hybridized carbons (Fsp3) is 0.857. The van der Waals surface area contributed by atoms with Crippen molar-refractivity contribution in [3.8, 4) is 0 Å². The molecule has 0 aromatic carbocycles. The number of allylic oxidation sites excluding steroid dienone is 2. The van der Waals surface area contributed by atoms with Gasteiger partial charge < -0.3 is 15.1 Å². The van der Waals surface area contributed by atoms with Crippen molar-refractivity contribution in [3.63, 3.8) is 0 Å². The Hall–Kier alpha value is -0.870. The van der Waals surface area contributed by atoms with Crippen LogP contribution < -0.4 is 0 Å². The van der Waals surface area contributed by atoms with Crippen LogP contribution in [-0.2, 0) is 4.79 Å². The lowest BCUT2D eigenvalue weighted by atomic mass is 10.1. The van der Waals surface area contributed by atoms with Gasteiger partial charge in [0.2, 0.25) is 5.91 Å². The van der Waals surface area contributed by atoms with Crippen molar-refractivity contribution < 1.29 is 15.0 Å². The topological polar surface area (TPSA) is 60.8 Å². The van der Waals surface area contributed by atoms with Crippen LogP contribution in [0, 0.1) is 0 Å². The van der Waals surface area contributed by atoms with Crippen LogP contribution in [0.3, 0.4) is 0 Å². The predicted molar refractivity (Wildman–Crippen MR) is 105 cm³/mol. The molecule has 0 radical (unpaired) electrons. The lowest BCUT2D eigenvalue weighted by Crippen LogP contribution is -2.33. The summed E-state index contributed by atoms with van der Waals surface area (Å²) in [7, 11) is 1.61. The molecule has 0 aliphatic rings. The van der Waals surface area contributed by atoms with E-state index in [1.807, 2.05) is 0 Å². The highest BCUT2D eigenvalue weighted by Gasteiger charge is 2.10. The van der Waals surface area contributed by atoms with Crippen LogP contribution in [0.15, 0.2) is 12.2 Å². The van der Waals surface area contributed by atoms with Gasteiger partial charge in [0, 0.05) is 13.5 Å². The molecular formula is C21H41NO3. The SMILES string of the molecule is CCCCCCCCC=CCCCCCCCC(=O)N(C)CC(O)O. The fourth-order valence-electron chi connectivity index (χ4n) is 2.88. The van der Waals surface area contributed by atoms with Crippen molar-refractivity contribution >= 4 is 5.91 Å². The molecule has 148 valence electrons. The molecule has 0 rings (SSSR count). The van der Waals surface area contributed by atoms with E-state index in [2.05, 4.69) is 19.1 Å². The number of carbonyl (C=O) groups is 1. The number of rotatable bonds is 17. The average Bonchev–Trinajstić information content (AvgIpc) is 2.57. The molecule has 25 heavy (non-hydrogen) atoms. The number of unbranched alkanes of at least 4 members (excludes halogenated alkanes) is 11. The molecule has 0 heterocycles. The van der Waals surface area contributed by atoms with Gasteiger partial charge in [0.05, 0.1) is 6.54 Å². The van der Waals surface area contributed by atoms with Crippen LogP contribution in [0.4, 0.5) is 0 Å². The first kappa shape index (κ1) is 24.1. The Bertz CT molecular complexity index is 329. The number of carbonyl (C=O) groups excluding carboxylic acids is 1. The molecule has 0 unspecified atom stereocenters. The molecule has 2 N–H and O–H groups in total. The second-order valence-corrected chi connectivity index (χ2v) is 7.09. The number of aliphatic hydroxyl groups excluding tert-OH is 1. The highest BCUT2D eigenvalue weighted by molar-refractivity contribution is 5.75. The van der Waals surface area contributed by atoms with Crippen LogP contribution in [0.25, 0.3) is 0 Å². The number of amides is 1. The number of hydrogen-bond donors (Lipinski definition) is 2. The number of nitrogens with zero attached hydrogens (tertiary/aromatic N) is 1. The fourth-order valence-corrected chi connectivity index (χ4v) is 2.88. The largest absolute Gasteiger partial charge is 0.367 e. The monoisotopic (exact) mass is 355 g/mol. The van der Waals surface area contributed by atoms with E-state index in [0.29, 0.717) is 6.42 Å². The van der Waals surface area contributed by atoms with Gasteiger partial charge in [-0.2, -0.15) is 0 Å². The summed E-state index contributed by atoms with van der Waals surface area (Å²) in [5.41, 5.74) is 0. The Balaban J connectivity index is 3.30. The van der Waals surface area contributed by atoms with E-state index in [0.717, 1.165) is 12.8 Å². The first-order chi connectivity index (χ1) is 12.1. The van der Waals surface area contributed by atoms with E-state index in [1.54, 1.807) is 7.05 Å². The standard InChI is InChI=1S/C21H41NO3/c1-3-4-5-6-7-8-9-10-11-12-13-14-15-16-17-18-20(23)22(2)19-21(24)25/h10-11,21,24-25H,3-9,12-19H2,1-2H3. The van der Waals surface area contributed by atoms with Gasteiger partial charge in [-0.15, -0.1) is 0 Å². The minimum absolute atomic E-state index is 0.00859. The third kappa shape index (κ3) is 17.7. The molecule has 0 atom stereocenters. The quantitative estimate of drug-likeness (QED) is 0.224. The van der Waals surface area contributed by atoms with Crippen LogP contribution >= 0.6 is 0 Å². The molecular weight excluding hydrogens is 314 g/mol. The third-order valence-corrected chi connectivity index (χ3v) is 4.52. The highest BCUT2D eigenvalue weighted by atomic mass is 16.5. The van der Waals surface area contributed by atoms with Gasteiger partial charge in [0.1, 0.15) is 0 Å². The Labute approximate surface area is 155 Å². The zero-order valence-electron chi connectivity index (χ0n) is 16.6. The van der Waals surface area contributed by atoms with Crippen molar-refractivity contribution in [2.45, 2.75) is 103 Å². The summed E-state index contributed by atoms with van der Waals surface area (Å²) in [5.74, 6) is -0.00859. The first-order valence-corrected chi connectivity index (χ1v) is 10.3. The molecule has 4 nitrogen and oxygen atoms in total. The molecule has 0 saturated carbocycles. The number of aliphatic hydroxyl groups is 2. The van der Waals surface area contributed by atoms with E-state index in [-0.39, 0.29) is 12.5 Å². The number of hydrogen-bond acceptors (Lipinski definition) is 3. The summed E-state index contributed by atoms with van der Waals surface area (Å²) in [4.78, 5) is 13.1. The normalized spacial score (nSPS) is 11.6. The summed E-state index contributed by atoms with van der Waals surface area (Å²) in [6.07, 6.45) is 19.9. The van der Waals surface area contributed by atoms with Crippen molar-refractivity contribution in [1.29, 1.82) is 0 Å². The van der Waals surface area contributed by atoms with Crippen molar-refractivity contribution in [3.05, 3.63) is 12.2 Å². The molecule has 0 aliphatic carbocycles. The smallest absolute Gasteiger partial charge is 0.222 e. The first-order valence-electron chi connectivity index (χ1n) is 10.3. The van der Waals surface area contributed by atoms with Crippen LogP contribution in [0.2, 0.25) is 0 Å². The van der Waals surface area contributed by atoms with Gasteiger partial charge in [-0.05, 0) is 32.1 Å². The zero-order chi connectivity index (χ0) is 18.8. The minimum atomic E-state index is -1.44. The summed E-state index contributed by atoms with van der Waals surface area (Å²) in [5, 5.41) is 17.7. The minimum Gasteiger partial charge on any atom is -0.367 e. The Kier molecular flexibility index (Phi) is 17.3. The summed E-state index contributed by atoms with van der Waals surface area (Å²) >= 11 is 0. The van der Waals surface area contributed by atoms with Crippen LogP contribution in [0.5, 0.6) is 0 Å². The molecule has 0 bridgehead atoms. The van der Waals surface area contributed by atoms with Gasteiger partial charge in [-0.1, -0.05) is 70.4 Å². The predicted octanol–water partition coefficient (Wildman–Crippen LogP) is 4.79. The molecule has 0 spiro atoms. The summed E-state index contributed by atoms with van der Waals surface area (Å²) in [6, 6.07) is 0. The summed E-state index contributed by atoms with van der Waals surface area (Å²) < 4.78 is 0. The van der Waals surface area contributed by atoms with Crippen molar-refractivity contribution in [2.24, 2.45) is 0 Å². The van der Waals surface area contributed by atoms with E-state index in [9.17, 15) is 4.79 Å². The van der Waals surface area contributed by atoms with Crippen LogP contribution in [-0.4, -0.2) is 40.9 Å². The second kappa shape index (κ2) is 17.9. The molecule has 0 saturated heterocycles. The van der Waals surface area contributed by atoms with Gasteiger partial charge >= 0.3 is 0 Å². The Morgan fingerprint density at radius 2 is 1.32 bits per heavy atom. The average molecular weight is 356 g/mol. The van der Waals surface area contributed by atoms with Crippen molar-refractivity contribution in [1.82, 2.24) is 4.90 Å². The van der Waals surface area contributed by atoms with E-state index in [4.69, 9.17) is 10.2 Å². The van der Waals surface area contributed by atoms with Gasteiger partial charge in [0.25, 0.3) is 0 Å². The lowest BCUT2D eigenvalue weighted by molar-refractivity contribution is -0.135. The molecule has 1 amide bonds. The van der Waals surface area contributed by atoms with E-state index < -0.39 is 6.29 Å². The zero-order valence-corrected chi connectivity index (χ0v) is 16.6. The Morgan fingerprint density at radius 1 is 0.840 bits per heavy atom. The van der Waals surface area contributed by atoms with E-state index in [1.165, 1.54) is 75.5 Å². The second-order valence-electron chi connectivity index (χ2n) is 7.09. The van der Waals surface area contributed by atoms with E-state index >= 15 is 0 Å².